The number of hydrogen-bond donors (Lipinski definition) is 2. The second-order valence-corrected chi connectivity index (χ2v) is 5.46. The second kappa shape index (κ2) is 8.27. The lowest BCUT2D eigenvalue weighted by Gasteiger charge is -2.20. The largest absolute Gasteiger partial charge is 0.477 e. The van der Waals surface area contributed by atoms with Crippen molar-refractivity contribution in [3.63, 3.8) is 0 Å². The van der Waals surface area contributed by atoms with Crippen molar-refractivity contribution in [2.24, 2.45) is 0 Å². The van der Waals surface area contributed by atoms with Gasteiger partial charge in [0.05, 0.1) is 19.8 Å². The van der Waals surface area contributed by atoms with Gasteiger partial charge in [0.2, 0.25) is 0 Å². The molecule has 1 aromatic heterocycles. The van der Waals surface area contributed by atoms with Crippen molar-refractivity contribution < 1.29 is 19.7 Å². The molecule has 2 N–H and O–H groups in total. The van der Waals surface area contributed by atoms with Crippen LogP contribution in [0.2, 0.25) is 0 Å². The van der Waals surface area contributed by atoms with E-state index in [0.29, 0.717) is 18.1 Å². The predicted octanol–water partition coefficient (Wildman–Crippen LogP) is 1.59. The van der Waals surface area contributed by atoms with E-state index >= 15 is 0 Å². The van der Waals surface area contributed by atoms with Crippen molar-refractivity contribution in [2.75, 3.05) is 32.9 Å². The van der Waals surface area contributed by atoms with Gasteiger partial charge in [-0.2, -0.15) is 0 Å². The van der Waals surface area contributed by atoms with Gasteiger partial charge in [-0.15, -0.1) is 11.3 Å². The Morgan fingerprint density at radius 3 is 2.74 bits per heavy atom. The minimum Gasteiger partial charge on any atom is -0.477 e. The molecule has 0 radical (unpaired) electrons. The number of aliphatic hydroxyl groups excluding tert-OH is 1. The zero-order valence-electron chi connectivity index (χ0n) is 11.4. The lowest BCUT2D eigenvalue weighted by Crippen LogP contribution is -2.27. The first-order valence-corrected chi connectivity index (χ1v) is 7.13. The number of aromatic carboxylic acids is 1. The van der Waals surface area contributed by atoms with Gasteiger partial charge in [0.1, 0.15) is 4.88 Å². The average molecular weight is 287 g/mol. The van der Waals surface area contributed by atoms with Crippen LogP contribution in [0.15, 0.2) is 6.07 Å². The van der Waals surface area contributed by atoms with Crippen molar-refractivity contribution in [1.29, 1.82) is 0 Å². The quantitative estimate of drug-likeness (QED) is 0.675. The molecule has 6 heteroatoms. The van der Waals surface area contributed by atoms with E-state index in [1.165, 1.54) is 11.3 Å². The molecule has 0 aliphatic rings. The average Bonchev–Trinajstić information content (AvgIpc) is 2.75. The minimum absolute atomic E-state index is 0.0394. The second-order valence-electron chi connectivity index (χ2n) is 4.20. The zero-order chi connectivity index (χ0) is 14.3. The maximum absolute atomic E-state index is 10.9. The molecule has 0 aliphatic heterocycles. The molecule has 0 aliphatic carbocycles. The third-order valence-corrected chi connectivity index (χ3v) is 3.94. The van der Waals surface area contributed by atoms with Crippen LogP contribution in [0.5, 0.6) is 0 Å². The molecular weight excluding hydrogens is 266 g/mol. The summed E-state index contributed by atoms with van der Waals surface area (Å²) in [6.07, 6.45) is 0. The van der Waals surface area contributed by atoms with Crippen molar-refractivity contribution in [2.45, 2.75) is 20.4 Å². The number of aliphatic hydroxyl groups is 1. The molecule has 1 heterocycles. The van der Waals surface area contributed by atoms with Crippen LogP contribution >= 0.6 is 11.3 Å². The summed E-state index contributed by atoms with van der Waals surface area (Å²) in [5, 5.41) is 17.6. The van der Waals surface area contributed by atoms with Gasteiger partial charge in [-0.1, -0.05) is 6.92 Å². The third-order valence-electron chi connectivity index (χ3n) is 2.86. The number of carbonyl (C=O) groups is 1. The highest BCUT2D eigenvalue weighted by atomic mass is 32.1. The van der Waals surface area contributed by atoms with Gasteiger partial charge in [-0.05, 0) is 25.1 Å². The van der Waals surface area contributed by atoms with Gasteiger partial charge >= 0.3 is 5.97 Å². The fraction of sp³-hybridized carbons (Fsp3) is 0.615. The highest BCUT2D eigenvalue weighted by Gasteiger charge is 2.13. The molecule has 0 atom stereocenters. The lowest BCUT2D eigenvalue weighted by molar-refractivity contribution is 0.0701. The Morgan fingerprint density at radius 1 is 1.47 bits per heavy atom. The van der Waals surface area contributed by atoms with Crippen molar-refractivity contribution in [3.8, 4) is 0 Å². The Morgan fingerprint density at radius 2 is 2.21 bits per heavy atom. The number of aryl methyl sites for hydroxylation is 1. The number of likely N-dealkylation sites (N-methyl/N-ethyl adjacent to an activating group) is 1. The first-order chi connectivity index (χ1) is 9.08. The van der Waals surface area contributed by atoms with Crippen LogP contribution in [0.25, 0.3) is 0 Å². The predicted molar refractivity (Wildman–Crippen MR) is 74.9 cm³/mol. The topological polar surface area (TPSA) is 70.0 Å². The summed E-state index contributed by atoms with van der Waals surface area (Å²) in [6.45, 7) is 7.36. The van der Waals surface area contributed by atoms with E-state index in [-0.39, 0.29) is 6.61 Å². The molecule has 1 rings (SSSR count). The molecular formula is C13H21NO4S. The molecule has 5 nitrogen and oxygen atoms in total. The molecule has 0 fully saturated rings. The molecule has 108 valence electrons. The number of ether oxygens (including phenoxy) is 1. The Hall–Kier alpha value is -0.950. The molecule has 0 saturated carbocycles. The molecule has 0 saturated heterocycles. The van der Waals surface area contributed by atoms with Crippen LogP contribution in [-0.4, -0.2) is 54.0 Å². The van der Waals surface area contributed by atoms with E-state index in [1.807, 2.05) is 6.92 Å². The van der Waals surface area contributed by atoms with E-state index in [1.54, 1.807) is 6.07 Å². The first-order valence-electron chi connectivity index (χ1n) is 6.32. The summed E-state index contributed by atoms with van der Waals surface area (Å²) in [5.74, 6) is -0.867. The normalized spacial score (nSPS) is 11.2. The minimum atomic E-state index is -0.867. The van der Waals surface area contributed by atoms with E-state index < -0.39 is 5.97 Å². The molecule has 0 bridgehead atoms. The van der Waals surface area contributed by atoms with Crippen LogP contribution in [-0.2, 0) is 11.3 Å². The van der Waals surface area contributed by atoms with Crippen LogP contribution in [0, 0.1) is 6.92 Å². The van der Waals surface area contributed by atoms with E-state index in [2.05, 4.69) is 11.8 Å². The van der Waals surface area contributed by atoms with Crippen molar-refractivity contribution in [3.05, 3.63) is 21.4 Å². The van der Waals surface area contributed by atoms with Gasteiger partial charge in [0, 0.05) is 18.0 Å². The van der Waals surface area contributed by atoms with E-state index in [0.717, 1.165) is 30.1 Å². The van der Waals surface area contributed by atoms with Gasteiger partial charge in [-0.3, -0.25) is 4.90 Å². The van der Waals surface area contributed by atoms with Gasteiger partial charge in [0.25, 0.3) is 0 Å². The Bertz CT molecular complexity index is 405. The molecule has 1 aromatic rings. The number of hydrogen-bond acceptors (Lipinski definition) is 5. The summed E-state index contributed by atoms with van der Waals surface area (Å²) >= 11 is 1.32. The Balaban J connectivity index is 2.52. The number of nitrogens with zero attached hydrogens (tertiary/aromatic N) is 1. The molecule has 0 unspecified atom stereocenters. The number of thiophene rings is 1. The summed E-state index contributed by atoms with van der Waals surface area (Å²) < 4.78 is 5.24. The fourth-order valence-corrected chi connectivity index (χ4v) is 2.61. The van der Waals surface area contributed by atoms with Crippen LogP contribution in [0.3, 0.4) is 0 Å². The number of carboxylic acids is 1. The summed E-state index contributed by atoms with van der Waals surface area (Å²) in [5.41, 5.74) is 1.06. The molecule has 0 spiro atoms. The maximum atomic E-state index is 10.9. The summed E-state index contributed by atoms with van der Waals surface area (Å²) in [6, 6.07) is 1.75. The van der Waals surface area contributed by atoms with Crippen LogP contribution in [0.4, 0.5) is 0 Å². The standard InChI is InChI=1S/C13H21NO4S/c1-3-14(4-6-18-7-5-15)9-11-8-12(13(16)17)19-10(11)2/h8,15H,3-7,9H2,1-2H3,(H,16,17). The van der Waals surface area contributed by atoms with Gasteiger partial charge in [0.15, 0.2) is 0 Å². The Kier molecular flexibility index (Phi) is 7.01. The van der Waals surface area contributed by atoms with E-state index in [4.69, 9.17) is 14.9 Å². The smallest absolute Gasteiger partial charge is 0.345 e. The summed E-state index contributed by atoms with van der Waals surface area (Å²) in [4.78, 5) is 14.5. The van der Waals surface area contributed by atoms with Crippen molar-refractivity contribution in [1.82, 2.24) is 4.90 Å². The lowest BCUT2D eigenvalue weighted by atomic mass is 10.2. The SMILES string of the molecule is CCN(CCOCCO)Cc1cc(C(=O)O)sc1C. The highest BCUT2D eigenvalue weighted by Crippen LogP contribution is 2.22. The molecule has 19 heavy (non-hydrogen) atoms. The monoisotopic (exact) mass is 287 g/mol. The van der Waals surface area contributed by atoms with Crippen molar-refractivity contribution >= 4 is 17.3 Å². The van der Waals surface area contributed by atoms with Crippen LogP contribution in [0.1, 0.15) is 27.0 Å². The fourth-order valence-electron chi connectivity index (χ4n) is 1.73. The van der Waals surface area contributed by atoms with Gasteiger partial charge in [-0.25, -0.2) is 4.79 Å². The maximum Gasteiger partial charge on any atom is 0.345 e. The number of carboxylic acid groups (broad SMARTS) is 1. The zero-order valence-corrected chi connectivity index (χ0v) is 12.2. The van der Waals surface area contributed by atoms with Crippen LogP contribution < -0.4 is 0 Å². The van der Waals surface area contributed by atoms with E-state index in [9.17, 15) is 4.79 Å². The summed E-state index contributed by atoms with van der Waals surface area (Å²) in [7, 11) is 0. The Labute approximate surface area is 117 Å². The third kappa shape index (κ3) is 5.28. The molecule has 0 aromatic carbocycles. The van der Waals surface area contributed by atoms with Gasteiger partial charge < -0.3 is 14.9 Å². The highest BCUT2D eigenvalue weighted by molar-refractivity contribution is 7.14. The first kappa shape index (κ1) is 16.1. The number of rotatable bonds is 9. The molecule has 0 amide bonds.